The van der Waals surface area contributed by atoms with Crippen LogP contribution in [0.25, 0.3) is 10.8 Å². The van der Waals surface area contributed by atoms with E-state index >= 15 is 0 Å². The first-order valence-corrected chi connectivity index (χ1v) is 9.73. The molecule has 0 aliphatic heterocycles. The van der Waals surface area contributed by atoms with Crippen molar-refractivity contribution in [2.75, 3.05) is 20.3 Å². The van der Waals surface area contributed by atoms with Crippen LogP contribution in [0, 0.1) is 6.92 Å². The molecule has 0 fully saturated rings. The minimum atomic E-state index is -3.59. The normalized spacial score (nSPS) is 11.5. The minimum Gasteiger partial charge on any atom is -0.497 e. The molecule has 0 bridgehead atoms. The van der Waals surface area contributed by atoms with E-state index < -0.39 is 10.0 Å². The molecule has 0 heterocycles. The molecule has 5 nitrogen and oxygen atoms in total. The Kier molecular flexibility index (Phi) is 5.44. The lowest BCUT2D eigenvalue weighted by molar-refractivity contribution is 0.323. The summed E-state index contributed by atoms with van der Waals surface area (Å²) in [6.45, 7) is 2.45. The maximum atomic E-state index is 12.5. The summed E-state index contributed by atoms with van der Waals surface area (Å²) in [6, 6.07) is 18.2. The number of hydrogen-bond donors (Lipinski definition) is 1. The second-order valence-electron chi connectivity index (χ2n) is 5.93. The zero-order valence-corrected chi connectivity index (χ0v) is 15.5. The molecule has 3 aromatic carbocycles. The van der Waals surface area contributed by atoms with Crippen molar-refractivity contribution in [2.24, 2.45) is 0 Å². The van der Waals surface area contributed by atoms with Gasteiger partial charge < -0.3 is 9.47 Å². The number of benzene rings is 3. The molecule has 0 radical (unpaired) electrons. The third-order valence-corrected chi connectivity index (χ3v) is 5.47. The fourth-order valence-electron chi connectivity index (χ4n) is 2.56. The van der Waals surface area contributed by atoms with Crippen LogP contribution in [-0.2, 0) is 10.0 Å². The lowest BCUT2D eigenvalue weighted by Crippen LogP contribution is -2.28. The van der Waals surface area contributed by atoms with Gasteiger partial charge in [0.25, 0.3) is 0 Å². The first kappa shape index (κ1) is 18.2. The Labute approximate surface area is 153 Å². The lowest BCUT2D eigenvalue weighted by atomic mass is 10.1. The van der Waals surface area contributed by atoms with E-state index in [0.717, 1.165) is 27.8 Å². The van der Waals surface area contributed by atoms with Crippen molar-refractivity contribution in [2.45, 2.75) is 11.8 Å². The molecule has 0 spiro atoms. The average molecular weight is 371 g/mol. The largest absolute Gasteiger partial charge is 0.497 e. The Hall–Kier alpha value is -2.57. The highest BCUT2D eigenvalue weighted by atomic mass is 32.2. The van der Waals surface area contributed by atoms with Crippen molar-refractivity contribution in [3.63, 3.8) is 0 Å². The average Bonchev–Trinajstić information content (AvgIpc) is 2.65. The summed E-state index contributed by atoms with van der Waals surface area (Å²) in [5, 5.41) is 1.76. The highest BCUT2D eigenvalue weighted by Crippen LogP contribution is 2.23. The molecule has 0 aliphatic carbocycles. The van der Waals surface area contributed by atoms with E-state index in [4.69, 9.17) is 9.47 Å². The summed E-state index contributed by atoms with van der Waals surface area (Å²) in [7, 11) is -1.99. The first-order chi connectivity index (χ1) is 12.5. The highest BCUT2D eigenvalue weighted by molar-refractivity contribution is 7.89. The number of aryl methyl sites for hydroxylation is 1. The highest BCUT2D eigenvalue weighted by Gasteiger charge is 2.14. The van der Waals surface area contributed by atoms with Gasteiger partial charge in [-0.05, 0) is 54.1 Å². The Morgan fingerprint density at radius 3 is 2.27 bits per heavy atom. The second-order valence-corrected chi connectivity index (χ2v) is 7.70. The standard InChI is InChI=1S/C20H21NO4S/c1-15-3-7-18(8-4-15)25-12-11-21-26(22,23)20-10-6-16-13-19(24-2)9-5-17(16)14-20/h3-10,13-14,21H,11-12H2,1-2H3. The van der Waals surface area contributed by atoms with Crippen molar-refractivity contribution in [1.82, 2.24) is 4.72 Å². The van der Waals surface area contributed by atoms with Gasteiger partial charge in [0.05, 0.1) is 12.0 Å². The van der Waals surface area contributed by atoms with E-state index in [0.29, 0.717) is 0 Å². The summed E-state index contributed by atoms with van der Waals surface area (Å²) in [5.41, 5.74) is 1.15. The third-order valence-electron chi connectivity index (χ3n) is 4.01. The fourth-order valence-corrected chi connectivity index (χ4v) is 3.61. The Balaban J connectivity index is 1.63. The van der Waals surface area contributed by atoms with Gasteiger partial charge in [0, 0.05) is 6.54 Å². The molecule has 0 saturated heterocycles. The number of nitrogens with one attached hydrogen (secondary N) is 1. The quantitative estimate of drug-likeness (QED) is 0.646. The van der Waals surface area contributed by atoms with Crippen LogP contribution in [0.2, 0.25) is 0 Å². The van der Waals surface area contributed by atoms with Crippen molar-refractivity contribution in [3.8, 4) is 11.5 Å². The molecule has 0 atom stereocenters. The van der Waals surface area contributed by atoms with Crippen LogP contribution >= 0.6 is 0 Å². The van der Waals surface area contributed by atoms with Gasteiger partial charge in [-0.15, -0.1) is 0 Å². The van der Waals surface area contributed by atoms with Gasteiger partial charge in [-0.1, -0.05) is 29.8 Å². The van der Waals surface area contributed by atoms with Gasteiger partial charge in [0.1, 0.15) is 18.1 Å². The van der Waals surface area contributed by atoms with Crippen LogP contribution < -0.4 is 14.2 Å². The van der Waals surface area contributed by atoms with E-state index in [9.17, 15) is 8.42 Å². The van der Waals surface area contributed by atoms with Crippen molar-refractivity contribution >= 4 is 20.8 Å². The fraction of sp³-hybridized carbons (Fsp3) is 0.200. The van der Waals surface area contributed by atoms with Crippen LogP contribution in [0.1, 0.15) is 5.56 Å². The zero-order valence-electron chi connectivity index (χ0n) is 14.7. The van der Waals surface area contributed by atoms with Gasteiger partial charge in [-0.3, -0.25) is 0 Å². The van der Waals surface area contributed by atoms with Crippen molar-refractivity contribution in [1.29, 1.82) is 0 Å². The van der Waals surface area contributed by atoms with Gasteiger partial charge in [0.2, 0.25) is 10.0 Å². The van der Waals surface area contributed by atoms with E-state index in [1.54, 1.807) is 25.3 Å². The summed E-state index contributed by atoms with van der Waals surface area (Å²) in [5.74, 6) is 1.45. The number of fused-ring (bicyclic) bond motifs is 1. The first-order valence-electron chi connectivity index (χ1n) is 8.25. The topological polar surface area (TPSA) is 64.6 Å². The zero-order chi connectivity index (χ0) is 18.6. The maximum Gasteiger partial charge on any atom is 0.240 e. The molecule has 0 amide bonds. The monoisotopic (exact) mass is 371 g/mol. The van der Waals surface area contributed by atoms with E-state index in [2.05, 4.69) is 4.72 Å². The summed E-state index contributed by atoms with van der Waals surface area (Å²) in [4.78, 5) is 0.227. The SMILES string of the molecule is COc1ccc2cc(S(=O)(=O)NCCOc3ccc(C)cc3)ccc2c1. The number of rotatable bonds is 7. The lowest BCUT2D eigenvalue weighted by Gasteiger charge is -2.10. The molecular weight excluding hydrogens is 350 g/mol. The smallest absolute Gasteiger partial charge is 0.240 e. The maximum absolute atomic E-state index is 12.5. The molecule has 0 aromatic heterocycles. The number of methoxy groups -OCH3 is 1. The molecule has 3 aromatic rings. The number of ether oxygens (including phenoxy) is 2. The number of hydrogen-bond acceptors (Lipinski definition) is 4. The summed E-state index contributed by atoms with van der Waals surface area (Å²) in [6.07, 6.45) is 0. The molecule has 3 rings (SSSR count). The molecule has 0 unspecified atom stereocenters. The van der Waals surface area contributed by atoms with Crippen LogP contribution in [0.15, 0.2) is 65.6 Å². The van der Waals surface area contributed by atoms with Crippen molar-refractivity contribution in [3.05, 3.63) is 66.2 Å². The summed E-state index contributed by atoms with van der Waals surface area (Å²) < 4.78 is 38.2. The van der Waals surface area contributed by atoms with Gasteiger partial charge in [-0.2, -0.15) is 0 Å². The molecular formula is C20H21NO4S. The molecule has 0 aliphatic rings. The van der Waals surface area contributed by atoms with Crippen LogP contribution in [0.5, 0.6) is 11.5 Å². The predicted molar refractivity (Wildman–Crippen MR) is 102 cm³/mol. The predicted octanol–water partition coefficient (Wildman–Crippen LogP) is 3.51. The summed E-state index contributed by atoms with van der Waals surface area (Å²) >= 11 is 0. The van der Waals surface area contributed by atoms with Gasteiger partial charge in [-0.25, -0.2) is 13.1 Å². The van der Waals surface area contributed by atoms with E-state index in [1.165, 1.54) is 0 Å². The van der Waals surface area contributed by atoms with Gasteiger partial charge >= 0.3 is 0 Å². The van der Waals surface area contributed by atoms with E-state index in [1.807, 2.05) is 49.4 Å². The minimum absolute atomic E-state index is 0.191. The Morgan fingerprint density at radius 2 is 1.54 bits per heavy atom. The van der Waals surface area contributed by atoms with Crippen LogP contribution in [-0.4, -0.2) is 28.7 Å². The van der Waals surface area contributed by atoms with Crippen LogP contribution in [0.3, 0.4) is 0 Å². The van der Waals surface area contributed by atoms with Crippen molar-refractivity contribution < 1.29 is 17.9 Å². The third kappa shape index (κ3) is 4.33. The molecule has 26 heavy (non-hydrogen) atoms. The second kappa shape index (κ2) is 7.76. The molecule has 1 N–H and O–H groups in total. The Morgan fingerprint density at radius 1 is 0.885 bits per heavy atom. The number of sulfonamides is 1. The van der Waals surface area contributed by atoms with E-state index in [-0.39, 0.29) is 18.0 Å². The van der Waals surface area contributed by atoms with Gasteiger partial charge in [0.15, 0.2) is 0 Å². The molecule has 6 heteroatoms. The van der Waals surface area contributed by atoms with Crippen LogP contribution in [0.4, 0.5) is 0 Å². The Bertz CT molecular complexity index is 998. The molecule has 0 saturated carbocycles. The molecule has 136 valence electrons.